The molecule has 5 nitrogen and oxygen atoms in total. The highest BCUT2D eigenvalue weighted by molar-refractivity contribution is 6.31. The van der Waals surface area contributed by atoms with Gasteiger partial charge < -0.3 is 4.74 Å². The Bertz CT molecular complexity index is 1060. The van der Waals surface area contributed by atoms with E-state index in [-0.39, 0.29) is 24.5 Å². The number of hydrogen-bond donors (Lipinski definition) is 0. The summed E-state index contributed by atoms with van der Waals surface area (Å²) >= 11 is 12.2. The van der Waals surface area contributed by atoms with Crippen LogP contribution in [0.15, 0.2) is 59.2 Å². The number of esters is 1. The van der Waals surface area contributed by atoms with Gasteiger partial charge in [0.15, 0.2) is 6.61 Å². The lowest BCUT2D eigenvalue weighted by Crippen LogP contribution is -2.34. The summed E-state index contributed by atoms with van der Waals surface area (Å²) in [6, 6.07) is 14.9. The smallest absolute Gasteiger partial charge is 0.303 e. The Morgan fingerprint density at radius 2 is 1.94 bits per heavy atom. The minimum Gasteiger partial charge on any atom is -0.456 e. The van der Waals surface area contributed by atoms with Crippen molar-refractivity contribution in [3.63, 3.8) is 0 Å². The molecule has 0 bridgehead atoms. The summed E-state index contributed by atoms with van der Waals surface area (Å²) in [5.74, 6) is -0.789. The summed E-state index contributed by atoms with van der Waals surface area (Å²) in [5.41, 5.74) is 3.95. The zero-order valence-electron chi connectivity index (χ0n) is 17.1. The third kappa shape index (κ3) is 4.83. The molecule has 2 unspecified atom stereocenters. The lowest BCUT2D eigenvalue weighted by atomic mass is 9.77. The fourth-order valence-corrected chi connectivity index (χ4v) is 4.55. The number of amides is 1. The number of benzene rings is 2. The molecule has 0 radical (unpaired) electrons. The van der Waals surface area contributed by atoms with Crippen LogP contribution in [-0.2, 0) is 14.3 Å². The third-order valence-electron chi connectivity index (χ3n) is 5.56. The van der Waals surface area contributed by atoms with Crippen molar-refractivity contribution in [3.05, 3.63) is 75.3 Å². The van der Waals surface area contributed by atoms with Gasteiger partial charge in [-0.05, 0) is 66.3 Å². The normalized spacial score (nSPS) is 21.6. The number of hydrazone groups is 1. The summed E-state index contributed by atoms with van der Waals surface area (Å²) in [5, 5.41) is 7.52. The fraction of sp³-hybridized carbons (Fsp3) is 0.292. The maximum atomic E-state index is 12.9. The van der Waals surface area contributed by atoms with Crippen molar-refractivity contribution in [3.8, 4) is 0 Å². The van der Waals surface area contributed by atoms with E-state index in [1.54, 1.807) is 0 Å². The molecule has 2 aromatic carbocycles. The molecule has 31 heavy (non-hydrogen) atoms. The molecule has 160 valence electrons. The minimum atomic E-state index is -0.498. The number of nitrogens with zero attached hydrogens (tertiary/aromatic N) is 2. The van der Waals surface area contributed by atoms with Gasteiger partial charge in [0.1, 0.15) is 0 Å². The molecule has 0 aromatic heterocycles. The Labute approximate surface area is 191 Å². The highest BCUT2D eigenvalue weighted by Crippen LogP contribution is 2.44. The number of halogens is 2. The van der Waals surface area contributed by atoms with E-state index < -0.39 is 5.97 Å². The first-order valence-electron chi connectivity index (χ1n) is 10.2. The van der Waals surface area contributed by atoms with E-state index in [4.69, 9.17) is 33.0 Å². The molecule has 0 spiro atoms. The SMILES string of the molecule is CC(=O)OCC(=O)N1N=C2C(=Cc3cccc(Cl)c3)CCCC2C1c1ccc(Cl)cc1. The van der Waals surface area contributed by atoms with Crippen molar-refractivity contribution < 1.29 is 14.3 Å². The molecular formula is C24H22Cl2N2O3. The van der Waals surface area contributed by atoms with E-state index in [0.717, 1.165) is 41.7 Å². The molecule has 0 saturated heterocycles. The zero-order valence-corrected chi connectivity index (χ0v) is 18.6. The Morgan fingerprint density at radius 1 is 1.16 bits per heavy atom. The number of fused-ring (bicyclic) bond motifs is 1. The molecule has 1 saturated carbocycles. The number of carbonyl (C=O) groups excluding carboxylic acids is 2. The van der Waals surface area contributed by atoms with Gasteiger partial charge in [0, 0.05) is 22.9 Å². The second-order valence-corrected chi connectivity index (χ2v) is 8.60. The maximum absolute atomic E-state index is 12.9. The molecule has 1 aliphatic carbocycles. The second kappa shape index (κ2) is 9.25. The molecule has 1 aliphatic heterocycles. The minimum absolute atomic E-state index is 0.0571. The predicted molar refractivity (Wildman–Crippen MR) is 122 cm³/mol. The van der Waals surface area contributed by atoms with Crippen LogP contribution in [0, 0.1) is 5.92 Å². The molecule has 2 atom stereocenters. The van der Waals surface area contributed by atoms with Gasteiger partial charge in [0.05, 0.1) is 11.8 Å². The largest absolute Gasteiger partial charge is 0.456 e. The lowest BCUT2D eigenvalue weighted by Gasteiger charge is -2.29. The van der Waals surface area contributed by atoms with Crippen LogP contribution in [0.4, 0.5) is 0 Å². The van der Waals surface area contributed by atoms with E-state index in [2.05, 4.69) is 6.08 Å². The Morgan fingerprint density at radius 3 is 2.65 bits per heavy atom. The quantitative estimate of drug-likeness (QED) is 0.555. The molecule has 1 fully saturated rings. The average Bonchev–Trinajstić information content (AvgIpc) is 3.13. The fourth-order valence-electron chi connectivity index (χ4n) is 4.23. The number of rotatable bonds is 4. The number of hydrogen-bond acceptors (Lipinski definition) is 4. The van der Waals surface area contributed by atoms with Crippen LogP contribution in [0.5, 0.6) is 0 Å². The standard InChI is InChI=1S/C24H22Cl2N2O3/c1-15(29)31-14-22(30)28-24(17-8-10-19(25)11-9-17)21-7-3-5-18(23(21)27-28)12-16-4-2-6-20(26)13-16/h2,4,6,8-13,21,24H,3,5,7,14H2,1H3. The van der Waals surface area contributed by atoms with Crippen molar-refractivity contribution in [2.24, 2.45) is 11.0 Å². The van der Waals surface area contributed by atoms with Crippen LogP contribution in [0.2, 0.25) is 10.0 Å². The summed E-state index contributed by atoms with van der Waals surface area (Å²) in [6.07, 6.45) is 4.87. The van der Waals surface area contributed by atoms with Crippen LogP contribution < -0.4 is 0 Å². The molecule has 0 N–H and O–H groups in total. The summed E-state index contributed by atoms with van der Waals surface area (Å²) in [6.45, 7) is 0.946. The summed E-state index contributed by atoms with van der Waals surface area (Å²) in [7, 11) is 0. The van der Waals surface area contributed by atoms with Crippen molar-refractivity contribution in [2.45, 2.75) is 32.2 Å². The molecule has 2 aliphatic rings. The number of allylic oxidation sites excluding steroid dienone is 1. The van der Waals surface area contributed by atoms with Gasteiger partial charge in [0.2, 0.25) is 0 Å². The molecular weight excluding hydrogens is 435 g/mol. The molecule has 1 heterocycles. The Balaban J connectivity index is 1.71. The predicted octanol–water partition coefficient (Wildman–Crippen LogP) is 5.68. The lowest BCUT2D eigenvalue weighted by molar-refractivity contribution is -0.151. The van der Waals surface area contributed by atoms with Crippen molar-refractivity contribution in [2.75, 3.05) is 6.61 Å². The topological polar surface area (TPSA) is 59.0 Å². The van der Waals surface area contributed by atoms with Gasteiger partial charge in [-0.15, -0.1) is 0 Å². The van der Waals surface area contributed by atoms with Crippen LogP contribution in [0.3, 0.4) is 0 Å². The average molecular weight is 457 g/mol. The van der Waals surface area contributed by atoms with Gasteiger partial charge in [0.25, 0.3) is 5.91 Å². The highest BCUT2D eigenvalue weighted by atomic mass is 35.5. The van der Waals surface area contributed by atoms with Gasteiger partial charge in [-0.3, -0.25) is 9.59 Å². The van der Waals surface area contributed by atoms with E-state index in [1.807, 2.05) is 48.5 Å². The monoisotopic (exact) mass is 456 g/mol. The van der Waals surface area contributed by atoms with E-state index >= 15 is 0 Å². The second-order valence-electron chi connectivity index (χ2n) is 7.72. The van der Waals surface area contributed by atoms with Crippen molar-refractivity contribution in [1.82, 2.24) is 5.01 Å². The highest BCUT2D eigenvalue weighted by Gasteiger charge is 2.43. The number of carbonyl (C=O) groups is 2. The summed E-state index contributed by atoms with van der Waals surface area (Å²) < 4.78 is 4.96. The zero-order chi connectivity index (χ0) is 22.0. The molecule has 1 amide bonds. The van der Waals surface area contributed by atoms with Crippen LogP contribution >= 0.6 is 23.2 Å². The van der Waals surface area contributed by atoms with Gasteiger partial charge in [-0.1, -0.05) is 47.5 Å². The maximum Gasteiger partial charge on any atom is 0.303 e. The number of ether oxygens (including phenoxy) is 1. The molecule has 7 heteroatoms. The third-order valence-corrected chi connectivity index (χ3v) is 6.04. The first kappa shape index (κ1) is 21.6. The van der Waals surface area contributed by atoms with Crippen LogP contribution in [0.25, 0.3) is 6.08 Å². The Kier molecular flexibility index (Phi) is 6.44. The summed E-state index contributed by atoms with van der Waals surface area (Å²) in [4.78, 5) is 24.2. The first-order valence-corrected chi connectivity index (χ1v) is 10.9. The van der Waals surface area contributed by atoms with Crippen molar-refractivity contribution in [1.29, 1.82) is 0 Å². The first-order chi connectivity index (χ1) is 14.9. The van der Waals surface area contributed by atoms with Gasteiger partial charge in [-0.25, -0.2) is 5.01 Å². The van der Waals surface area contributed by atoms with Gasteiger partial charge in [-0.2, -0.15) is 5.10 Å². The van der Waals surface area contributed by atoms with E-state index in [1.165, 1.54) is 11.9 Å². The molecule has 4 rings (SSSR count). The van der Waals surface area contributed by atoms with Gasteiger partial charge >= 0.3 is 5.97 Å². The van der Waals surface area contributed by atoms with E-state index in [0.29, 0.717) is 10.0 Å². The van der Waals surface area contributed by atoms with E-state index in [9.17, 15) is 9.59 Å². The Hall–Kier alpha value is -2.63. The van der Waals surface area contributed by atoms with Crippen LogP contribution in [-0.4, -0.2) is 29.2 Å². The van der Waals surface area contributed by atoms with Crippen LogP contribution in [0.1, 0.15) is 43.4 Å². The van der Waals surface area contributed by atoms with Crippen molar-refractivity contribution >= 4 is 46.9 Å². The molecule has 2 aromatic rings.